The number of carbonyl (C=O) groups is 1. The van der Waals surface area contributed by atoms with Gasteiger partial charge in [0.25, 0.3) is 5.91 Å². The van der Waals surface area contributed by atoms with Crippen molar-refractivity contribution < 1.29 is 9.53 Å². The average Bonchev–Trinajstić information content (AvgIpc) is 2.52. The molecule has 0 aromatic heterocycles. The van der Waals surface area contributed by atoms with Crippen LogP contribution >= 0.6 is 0 Å². The van der Waals surface area contributed by atoms with E-state index >= 15 is 0 Å². The van der Waals surface area contributed by atoms with Crippen molar-refractivity contribution in [1.82, 2.24) is 5.32 Å². The Labute approximate surface area is 127 Å². The van der Waals surface area contributed by atoms with Crippen LogP contribution in [0.15, 0.2) is 48.2 Å². The Hall–Kier alpha value is -2.03. The maximum Gasteiger partial charge on any atom is 0.286 e. The molecule has 1 aromatic carbocycles. The minimum absolute atomic E-state index is 0.160. The van der Waals surface area contributed by atoms with Crippen LogP contribution in [0.2, 0.25) is 0 Å². The van der Waals surface area contributed by atoms with Crippen LogP contribution in [0.5, 0.6) is 0 Å². The summed E-state index contributed by atoms with van der Waals surface area (Å²) in [5.41, 5.74) is 1.09. The molecule has 0 saturated carbocycles. The molecule has 1 N–H and O–H groups in total. The molecule has 0 spiro atoms. The van der Waals surface area contributed by atoms with E-state index in [1.54, 1.807) is 6.08 Å². The van der Waals surface area contributed by atoms with Gasteiger partial charge in [0, 0.05) is 6.54 Å². The van der Waals surface area contributed by atoms with Gasteiger partial charge in [-0.1, -0.05) is 68.7 Å². The Morgan fingerprint density at radius 3 is 2.62 bits per heavy atom. The van der Waals surface area contributed by atoms with Crippen LogP contribution in [0.3, 0.4) is 0 Å². The largest absolute Gasteiger partial charge is 0.491 e. The van der Waals surface area contributed by atoms with Gasteiger partial charge in [0.15, 0.2) is 5.76 Å². The molecule has 0 saturated heterocycles. The summed E-state index contributed by atoms with van der Waals surface area (Å²) >= 11 is 0. The van der Waals surface area contributed by atoms with Crippen LogP contribution in [0, 0.1) is 0 Å². The molecule has 1 aromatic rings. The zero-order valence-electron chi connectivity index (χ0n) is 13.0. The topological polar surface area (TPSA) is 38.3 Å². The smallest absolute Gasteiger partial charge is 0.286 e. The quantitative estimate of drug-likeness (QED) is 0.323. The Bertz CT molecular complexity index is 463. The highest BCUT2D eigenvalue weighted by molar-refractivity contribution is 5.91. The maximum absolute atomic E-state index is 11.9. The van der Waals surface area contributed by atoms with Crippen LogP contribution in [-0.2, 0) is 9.53 Å². The summed E-state index contributed by atoms with van der Waals surface area (Å²) in [6.45, 7) is 2.87. The molecule has 0 fully saturated rings. The summed E-state index contributed by atoms with van der Waals surface area (Å²) in [4.78, 5) is 11.9. The van der Waals surface area contributed by atoms with E-state index in [1.807, 2.05) is 42.5 Å². The van der Waals surface area contributed by atoms with Crippen LogP contribution in [0.1, 0.15) is 38.2 Å². The lowest BCUT2D eigenvalue weighted by molar-refractivity contribution is -0.120. The molecule has 0 aliphatic heterocycles. The van der Waals surface area contributed by atoms with Gasteiger partial charge >= 0.3 is 0 Å². The van der Waals surface area contributed by atoms with Crippen LogP contribution in [0.4, 0.5) is 0 Å². The van der Waals surface area contributed by atoms with Gasteiger partial charge in [0.2, 0.25) is 0 Å². The van der Waals surface area contributed by atoms with Gasteiger partial charge in [0.1, 0.15) is 0 Å². The molecule has 0 aliphatic carbocycles. The number of methoxy groups -OCH3 is 1. The fourth-order valence-corrected chi connectivity index (χ4v) is 1.89. The van der Waals surface area contributed by atoms with Gasteiger partial charge < -0.3 is 10.1 Å². The van der Waals surface area contributed by atoms with E-state index in [-0.39, 0.29) is 5.91 Å². The van der Waals surface area contributed by atoms with Gasteiger partial charge in [-0.05, 0) is 18.1 Å². The maximum atomic E-state index is 11.9. The van der Waals surface area contributed by atoms with E-state index in [1.165, 1.54) is 20.0 Å². The summed E-state index contributed by atoms with van der Waals surface area (Å²) in [5.74, 6) is 0.171. The predicted octanol–water partition coefficient (Wildman–Crippen LogP) is 3.93. The van der Waals surface area contributed by atoms with Crippen molar-refractivity contribution in [2.45, 2.75) is 32.6 Å². The zero-order chi connectivity index (χ0) is 15.3. The third-order valence-electron chi connectivity index (χ3n) is 3.10. The highest BCUT2D eigenvalue weighted by Crippen LogP contribution is 2.03. The first kappa shape index (κ1) is 17.0. The lowest BCUT2D eigenvalue weighted by Crippen LogP contribution is -2.26. The van der Waals surface area contributed by atoms with E-state index in [4.69, 9.17) is 4.74 Å². The lowest BCUT2D eigenvalue weighted by Gasteiger charge is -2.07. The Morgan fingerprint density at radius 2 is 1.95 bits per heavy atom. The van der Waals surface area contributed by atoms with Gasteiger partial charge in [-0.25, -0.2) is 0 Å². The van der Waals surface area contributed by atoms with Crippen molar-refractivity contribution in [3.63, 3.8) is 0 Å². The molecular formula is C18H25NO2. The first-order chi connectivity index (χ1) is 10.3. The molecule has 114 valence electrons. The minimum atomic E-state index is -0.160. The molecule has 0 heterocycles. The third kappa shape index (κ3) is 7.35. The Morgan fingerprint density at radius 1 is 1.19 bits per heavy atom. The first-order valence-electron chi connectivity index (χ1n) is 7.53. The summed E-state index contributed by atoms with van der Waals surface area (Å²) < 4.78 is 5.13. The second kappa shape index (κ2) is 10.7. The number of amides is 1. The zero-order valence-corrected chi connectivity index (χ0v) is 13.0. The van der Waals surface area contributed by atoms with Crippen LogP contribution < -0.4 is 5.32 Å². The number of hydrogen-bond donors (Lipinski definition) is 1. The number of nitrogens with one attached hydrogen (secondary N) is 1. The summed E-state index contributed by atoms with van der Waals surface area (Å²) in [7, 11) is 1.51. The molecular weight excluding hydrogens is 262 g/mol. The number of carbonyl (C=O) groups excluding carboxylic acids is 1. The predicted molar refractivity (Wildman–Crippen MR) is 87.7 cm³/mol. The van der Waals surface area contributed by atoms with Gasteiger partial charge in [-0.2, -0.15) is 0 Å². The summed E-state index contributed by atoms with van der Waals surface area (Å²) in [6, 6.07) is 9.93. The summed E-state index contributed by atoms with van der Waals surface area (Å²) in [6.07, 6.45) is 10.0. The highest BCUT2D eigenvalue weighted by Gasteiger charge is 2.07. The molecule has 21 heavy (non-hydrogen) atoms. The van der Waals surface area contributed by atoms with Crippen molar-refractivity contribution in [2.75, 3.05) is 13.7 Å². The van der Waals surface area contributed by atoms with E-state index < -0.39 is 0 Å². The lowest BCUT2D eigenvalue weighted by atomic mass is 10.2. The fourth-order valence-electron chi connectivity index (χ4n) is 1.89. The van der Waals surface area contributed by atoms with Crippen molar-refractivity contribution in [3.05, 3.63) is 53.8 Å². The molecule has 1 amide bonds. The monoisotopic (exact) mass is 287 g/mol. The number of unbranched alkanes of at least 4 members (excludes halogenated alkanes) is 3. The molecule has 1 rings (SSSR count). The average molecular weight is 287 g/mol. The van der Waals surface area contributed by atoms with Crippen molar-refractivity contribution in [1.29, 1.82) is 0 Å². The third-order valence-corrected chi connectivity index (χ3v) is 3.10. The van der Waals surface area contributed by atoms with Gasteiger partial charge in [-0.15, -0.1) is 0 Å². The van der Waals surface area contributed by atoms with E-state index in [0.717, 1.165) is 18.4 Å². The van der Waals surface area contributed by atoms with Gasteiger partial charge in [-0.3, -0.25) is 4.79 Å². The second-order valence-corrected chi connectivity index (χ2v) is 4.82. The first-order valence-corrected chi connectivity index (χ1v) is 7.53. The molecule has 3 nitrogen and oxygen atoms in total. The van der Waals surface area contributed by atoms with Crippen LogP contribution in [-0.4, -0.2) is 19.6 Å². The van der Waals surface area contributed by atoms with Crippen molar-refractivity contribution >= 4 is 12.0 Å². The Balaban J connectivity index is 2.43. The van der Waals surface area contributed by atoms with Crippen LogP contribution in [0.25, 0.3) is 6.08 Å². The molecule has 0 atom stereocenters. The molecule has 0 bridgehead atoms. The number of allylic oxidation sites excluding steroid dienone is 2. The number of ether oxygens (including phenoxy) is 1. The van der Waals surface area contributed by atoms with E-state index in [2.05, 4.69) is 12.2 Å². The molecule has 3 heteroatoms. The fraction of sp³-hybridized carbons (Fsp3) is 0.389. The highest BCUT2D eigenvalue weighted by atomic mass is 16.5. The number of rotatable bonds is 9. The summed E-state index contributed by atoms with van der Waals surface area (Å²) in [5, 5.41) is 2.88. The van der Waals surface area contributed by atoms with Crippen molar-refractivity contribution in [3.8, 4) is 0 Å². The SMILES string of the molecule is CCCCCCNC(=O)C(=CC=Cc1ccccc1)OC. The molecule has 0 aliphatic rings. The normalized spacial score (nSPS) is 11.6. The van der Waals surface area contributed by atoms with Crippen molar-refractivity contribution in [2.24, 2.45) is 0 Å². The molecule has 0 radical (unpaired) electrons. The molecule has 0 unspecified atom stereocenters. The second-order valence-electron chi connectivity index (χ2n) is 4.82. The number of hydrogen-bond acceptors (Lipinski definition) is 2. The van der Waals surface area contributed by atoms with E-state index in [9.17, 15) is 4.79 Å². The Kier molecular flexibility index (Phi) is 8.69. The van der Waals surface area contributed by atoms with E-state index in [0.29, 0.717) is 12.3 Å². The minimum Gasteiger partial charge on any atom is -0.491 e. The van der Waals surface area contributed by atoms with Gasteiger partial charge in [0.05, 0.1) is 7.11 Å². The number of benzene rings is 1. The standard InChI is InChI=1S/C18H25NO2/c1-3-4-5-9-15-19-18(20)17(21-2)14-10-13-16-11-7-6-8-12-16/h6-8,10-14H,3-5,9,15H2,1-2H3,(H,19,20).